The summed E-state index contributed by atoms with van der Waals surface area (Å²) in [6.45, 7) is 6.41. The van der Waals surface area contributed by atoms with Gasteiger partial charge in [-0.25, -0.2) is 0 Å². The average Bonchev–Trinajstić information content (AvgIpc) is 2.60. The van der Waals surface area contributed by atoms with E-state index in [-0.39, 0.29) is 12.1 Å². The minimum atomic E-state index is -0.0115. The Kier molecular flexibility index (Phi) is 17.9. The van der Waals surface area contributed by atoms with Crippen LogP contribution in [0.1, 0.15) is 117 Å². The van der Waals surface area contributed by atoms with Crippen molar-refractivity contribution < 1.29 is 9.53 Å². The Hall–Kier alpha value is -0.790. The normalized spacial score (nSPS) is 11.5. The van der Waals surface area contributed by atoms with Gasteiger partial charge in [0, 0.05) is 6.42 Å². The van der Waals surface area contributed by atoms with E-state index < -0.39 is 0 Å². The molecule has 0 unspecified atom stereocenters. The molecule has 0 N–H and O–H groups in total. The Morgan fingerprint density at radius 2 is 1.25 bits per heavy atom. The average molecular weight is 339 g/mol. The van der Waals surface area contributed by atoms with E-state index in [1.54, 1.807) is 0 Å². The van der Waals surface area contributed by atoms with E-state index in [1.807, 2.05) is 0 Å². The summed E-state index contributed by atoms with van der Waals surface area (Å²) in [5, 5.41) is 0. The highest BCUT2D eigenvalue weighted by molar-refractivity contribution is 5.69. The summed E-state index contributed by atoms with van der Waals surface area (Å²) in [6, 6.07) is 0. The van der Waals surface area contributed by atoms with E-state index in [4.69, 9.17) is 4.74 Å². The molecule has 2 heteroatoms. The largest absolute Gasteiger partial charge is 0.462 e. The number of allylic oxidation sites excluding steroid dienone is 2. The number of carbonyl (C=O) groups excluding carboxylic acids is 1. The van der Waals surface area contributed by atoms with E-state index in [0.29, 0.717) is 6.42 Å². The van der Waals surface area contributed by atoms with Crippen LogP contribution in [0.5, 0.6) is 0 Å². The molecule has 0 aromatic carbocycles. The lowest BCUT2D eigenvalue weighted by atomic mass is 10.1. The van der Waals surface area contributed by atoms with Gasteiger partial charge in [-0.15, -0.1) is 0 Å². The Bertz CT molecular complexity index is 292. The van der Waals surface area contributed by atoms with Crippen LogP contribution in [-0.2, 0) is 9.53 Å². The van der Waals surface area contributed by atoms with E-state index in [2.05, 4.69) is 32.9 Å². The first-order valence-corrected chi connectivity index (χ1v) is 10.6. The van der Waals surface area contributed by atoms with Crippen LogP contribution in [0.4, 0.5) is 0 Å². The van der Waals surface area contributed by atoms with Gasteiger partial charge in [0.1, 0.15) is 6.10 Å². The molecule has 0 rings (SSSR count). The molecule has 0 spiro atoms. The highest BCUT2D eigenvalue weighted by atomic mass is 16.5. The molecule has 0 aliphatic carbocycles. The van der Waals surface area contributed by atoms with Crippen molar-refractivity contribution in [1.82, 2.24) is 0 Å². The predicted octanol–water partition coefficient (Wildman–Crippen LogP) is 7.37. The zero-order valence-corrected chi connectivity index (χ0v) is 16.7. The maximum Gasteiger partial charge on any atom is 0.306 e. The van der Waals surface area contributed by atoms with Crippen LogP contribution < -0.4 is 0 Å². The third-order valence-corrected chi connectivity index (χ3v) is 4.60. The Morgan fingerprint density at radius 1 is 0.750 bits per heavy atom. The van der Waals surface area contributed by atoms with Crippen molar-refractivity contribution in [1.29, 1.82) is 0 Å². The summed E-state index contributed by atoms with van der Waals surface area (Å²) in [4.78, 5) is 11.7. The van der Waals surface area contributed by atoms with Gasteiger partial charge in [-0.3, -0.25) is 4.79 Å². The number of rotatable bonds is 17. The molecule has 142 valence electrons. The summed E-state index contributed by atoms with van der Waals surface area (Å²) in [6.07, 6.45) is 22.5. The van der Waals surface area contributed by atoms with Crippen molar-refractivity contribution in [2.45, 2.75) is 123 Å². The summed E-state index contributed by atoms with van der Waals surface area (Å²) in [5.74, 6) is -0.0115. The molecule has 0 saturated heterocycles. The molecule has 0 aliphatic heterocycles. The van der Waals surface area contributed by atoms with E-state index in [1.165, 1.54) is 64.2 Å². The molecule has 0 fully saturated rings. The third kappa shape index (κ3) is 16.1. The fourth-order valence-corrected chi connectivity index (χ4v) is 2.86. The molecule has 2 nitrogen and oxygen atoms in total. The lowest BCUT2D eigenvalue weighted by Gasteiger charge is -2.13. The fraction of sp³-hybridized carbons (Fsp3) is 0.864. The Balaban J connectivity index is 3.29. The summed E-state index contributed by atoms with van der Waals surface area (Å²) in [7, 11) is 0. The van der Waals surface area contributed by atoms with Gasteiger partial charge in [0.05, 0.1) is 0 Å². The first kappa shape index (κ1) is 23.2. The predicted molar refractivity (Wildman–Crippen MR) is 105 cm³/mol. The van der Waals surface area contributed by atoms with E-state index in [0.717, 1.165) is 25.7 Å². The maximum atomic E-state index is 11.7. The SMILES string of the molecule is CCCCCCCCC=CCCCCCCC(=O)OC(CC)CC. The van der Waals surface area contributed by atoms with Gasteiger partial charge < -0.3 is 4.74 Å². The fourth-order valence-electron chi connectivity index (χ4n) is 2.86. The Morgan fingerprint density at radius 3 is 1.79 bits per heavy atom. The highest BCUT2D eigenvalue weighted by Crippen LogP contribution is 2.11. The molecule has 0 aromatic heterocycles. The van der Waals surface area contributed by atoms with Crippen LogP contribution in [0, 0.1) is 0 Å². The summed E-state index contributed by atoms with van der Waals surface area (Å²) in [5.41, 5.74) is 0. The van der Waals surface area contributed by atoms with Crippen LogP contribution in [-0.4, -0.2) is 12.1 Å². The number of hydrogen-bond donors (Lipinski definition) is 0. The minimum Gasteiger partial charge on any atom is -0.462 e. The second-order valence-corrected chi connectivity index (χ2v) is 6.91. The zero-order valence-electron chi connectivity index (χ0n) is 16.7. The van der Waals surface area contributed by atoms with Crippen LogP contribution in [0.25, 0.3) is 0 Å². The molecule has 0 radical (unpaired) electrons. The van der Waals surface area contributed by atoms with Crippen LogP contribution in [0.3, 0.4) is 0 Å². The van der Waals surface area contributed by atoms with Crippen molar-refractivity contribution >= 4 is 5.97 Å². The van der Waals surface area contributed by atoms with Gasteiger partial charge in [0.25, 0.3) is 0 Å². The van der Waals surface area contributed by atoms with Crippen LogP contribution in [0.2, 0.25) is 0 Å². The molecule has 0 heterocycles. The van der Waals surface area contributed by atoms with Crippen molar-refractivity contribution in [3.05, 3.63) is 12.2 Å². The highest BCUT2D eigenvalue weighted by Gasteiger charge is 2.09. The molecule has 0 aromatic rings. The number of hydrogen-bond acceptors (Lipinski definition) is 2. The van der Waals surface area contributed by atoms with Gasteiger partial charge in [-0.05, 0) is 44.9 Å². The molecule has 0 saturated carbocycles. The van der Waals surface area contributed by atoms with Gasteiger partial charge in [0.2, 0.25) is 0 Å². The Labute approximate surface area is 151 Å². The lowest BCUT2D eigenvalue weighted by Crippen LogP contribution is -2.16. The molecule has 0 bridgehead atoms. The molecule has 24 heavy (non-hydrogen) atoms. The quantitative estimate of drug-likeness (QED) is 0.157. The van der Waals surface area contributed by atoms with E-state index in [9.17, 15) is 4.79 Å². The number of ether oxygens (including phenoxy) is 1. The summed E-state index contributed by atoms with van der Waals surface area (Å²) < 4.78 is 5.41. The molecular formula is C22H42O2. The number of esters is 1. The molecule has 0 atom stereocenters. The topological polar surface area (TPSA) is 26.3 Å². The second-order valence-electron chi connectivity index (χ2n) is 6.91. The van der Waals surface area contributed by atoms with Crippen LogP contribution >= 0.6 is 0 Å². The lowest BCUT2D eigenvalue weighted by molar-refractivity contribution is -0.149. The monoisotopic (exact) mass is 338 g/mol. The van der Waals surface area contributed by atoms with Crippen molar-refractivity contribution in [3.63, 3.8) is 0 Å². The van der Waals surface area contributed by atoms with E-state index >= 15 is 0 Å². The first-order valence-electron chi connectivity index (χ1n) is 10.6. The number of carbonyl (C=O) groups is 1. The maximum absolute atomic E-state index is 11.7. The molecule has 0 aliphatic rings. The van der Waals surface area contributed by atoms with Gasteiger partial charge in [-0.2, -0.15) is 0 Å². The second kappa shape index (κ2) is 18.5. The zero-order chi connectivity index (χ0) is 17.9. The van der Waals surface area contributed by atoms with Gasteiger partial charge in [-0.1, -0.05) is 77.9 Å². The molecular weight excluding hydrogens is 296 g/mol. The summed E-state index contributed by atoms with van der Waals surface area (Å²) >= 11 is 0. The van der Waals surface area contributed by atoms with Crippen molar-refractivity contribution in [3.8, 4) is 0 Å². The smallest absolute Gasteiger partial charge is 0.306 e. The van der Waals surface area contributed by atoms with Crippen molar-refractivity contribution in [2.75, 3.05) is 0 Å². The third-order valence-electron chi connectivity index (χ3n) is 4.60. The number of unbranched alkanes of at least 4 members (excludes halogenated alkanes) is 10. The van der Waals surface area contributed by atoms with Gasteiger partial charge in [0.15, 0.2) is 0 Å². The van der Waals surface area contributed by atoms with Crippen LogP contribution in [0.15, 0.2) is 12.2 Å². The van der Waals surface area contributed by atoms with Gasteiger partial charge >= 0.3 is 5.97 Å². The van der Waals surface area contributed by atoms with Crippen molar-refractivity contribution in [2.24, 2.45) is 0 Å². The molecule has 0 amide bonds. The minimum absolute atomic E-state index is 0.0115. The first-order chi connectivity index (χ1) is 11.7. The standard InChI is InChI=1S/C22H42O2/c1-4-7-8-9-10-11-12-13-14-15-16-17-18-19-20-22(23)24-21(5-2)6-3/h13-14,21H,4-12,15-20H2,1-3H3.